The molecule has 1 aliphatic rings. The van der Waals surface area contributed by atoms with Gasteiger partial charge in [0.15, 0.2) is 11.5 Å². The van der Waals surface area contributed by atoms with Crippen molar-refractivity contribution in [3.63, 3.8) is 0 Å². The number of rotatable bonds is 7. The summed E-state index contributed by atoms with van der Waals surface area (Å²) in [6, 6.07) is 11.4. The molecule has 1 saturated carbocycles. The molecule has 1 aliphatic carbocycles. The number of anilines is 1. The molecule has 0 bridgehead atoms. The summed E-state index contributed by atoms with van der Waals surface area (Å²) in [5.41, 5.74) is 4.44. The van der Waals surface area contributed by atoms with Gasteiger partial charge < -0.3 is 14.6 Å². The maximum absolute atomic E-state index is 11.8. The Kier molecular flexibility index (Phi) is 5.17. The van der Waals surface area contributed by atoms with Crippen molar-refractivity contribution in [2.45, 2.75) is 12.8 Å². The number of carboxylic acids is 1. The molecule has 2 N–H and O–H groups in total. The van der Waals surface area contributed by atoms with Crippen molar-refractivity contribution in [1.29, 1.82) is 0 Å². The van der Waals surface area contributed by atoms with Crippen molar-refractivity contribution in [2.24, 2.45) is 11.0 Å². The van der Waals surface area contributed by atoms with Crippen molar-refractivity contribution in [3.8, 4) is 11.5 Å². The quantitative estimate of drug-likeness (QED) is 0.343. The third kappa shape index (κ3) is 4.38. The van der Waals surface area contributed by atoms with Crippen molar-refractivity contribution < 1.29 is 24.2 Å². The van der Waals surface area contributed by atoms with Crippen molar-refractivity contribution in [3.05, 3.63) is 53.6 Å². The van der Waals surface area contributed by atoms with E-state index in [9.17, 15) is 9.59 Å². The number of hydrogen-bond donors (Lipinski definition) is 2. The number of carbonyl (C=O) groups excluding carboxylic acids is 1. The maximum atomic E-state index is 11.8. The van der Waals surface area contributed by atoms with E-state index in [2.05, 4.69) is 10.5 Å². The minimum Gasteiger partial charge on any atom is -0.493 e. The lowest BCUT2D eigenvalue weighted by Gasteiger charge is -2.09. The summed E-state index contributed by atoms with van der Waals surface area (Å²) in [5, 5.41) is 13.0. The smallest absolute Gasteiger partial charge is 0.335 e. The fraction of sp³-hybridized carbons (Fsp3) is 0.211. The van der Waals surface area contributed by atoms with Crippen molar-refractivity contribution in [1.82, 2.24) is 0 Å². The lowest BCUT2D eigenvalue weighted by atomic mass is 10.2. The normalized spacial score (nSPS) is 13.4. The Morgan fingerprint density at radius 3 is 2.50 bits per heavy atom. The van der Waals surface area contributed by atoms with Gasteiger partial charge in [-0.15, -0.1) is 0 Å². The molecule has 0 radical (unpaired) electrons. The molecule has 26 heavy (non-hydrogen) atoms. The highest BCUT2D eigenvalue weighted by Gasteiger charge is 2.32. The van der Waals surface area contributed by atoms with Crippen LogP contribution in [0, 0.1) is 5.92 Å². The van der Waals surface area contributed by atoms with Gasteiger partial charge in [-0.25, -0.2) is 4.79 Å². The molecule has 0 aromatic heterocycles. The van der Waals surface area contributed by atoms with E-state index in [1.54, 1.807) is 36.5 Å². The van der Waals surface area contributed by atoms with Crippen LogP contribution in [0.5, 0.6) is 11.5 Å². The summed E-state index contributed by atoms with van der Waals surface area (Å²) in [5.74, 6) is -0.351. The van der Waals surface area contributed by atoms with E-state index < -0.39 is 5.97 Å². The molecule has 0 atom stereocenters. The average molecular weight is 354 g/mol. The van der Waals surface area contributed by atoms with E-state index in [0.29, 0.717) is 17.2 Å². The molecule has 0 amide bonds. The number of methoxy groups -OCH3 is 1. The van der Waals surface area contributed by atoms with E-state index in [0.717, 1.165) is 18.4 Å². The lowest BCUT2D eigenvalue weighted by molar-refractivity contribution is -0.135. The number of ether oxygens (including phenoxy) is 2. The van der Waals surface area contributed by atoms with Gasteiger partial charge in [-0.1, -0.05) is 0 Å². The van der Waals surface area contributed by atoms with Crippen LogP contribution in [0.1, 0.15) is 28.8 Å². The van der Waals surface area contributed by atoms with Crippen LogP contribution in [0.15, 0.2) is 47.6 Å². The second-order valence-electron chi connectivity index (χ2n) is 5.86. The summed E-state index contributed by atoms with van der Waals surface area (Å²) in [4.78, 5) is 22.6. The van der Waals surface area contributed by atoms with Gasteiger partial charge in [-0.2, -0.15) is 5.10 Å². The zero-order chi connectivity index (χ0) is 18.5. The Bertz CT molecular complexity index is 842. The van der Waals surface area contributed by atoms with E-state index >= 15 is 0 Å². The first-order valence-corrected chi connectivity index (χ1v) is 8.09. The molecule has 7 nitrogen and oxygen atoms in total. The monoisotopic (exact) mass is 354 g/mol. The van der Waals surface area contributed by atoms with Crippen LogP contribution in [0.4, 0.5) is 5.69 Å². The topological polar surface area (TPSA) is 97.2 Å². The van der Waals surface area contributed by atoms with E-state index in [-0.39, 0.29) is 17.5 Å². The standard InChI is InChI=1S/C19H18N2O5/c1-25-17-10-12(2-9-16(17)26-19(24)14-3-4-14)11-20-21-15-7-5-13(6-8-15)18(22)23/h2,5-11,14,21H,3-4H2,1H3,(H,22,23)/b20-11-. The van der Waals surface area contributed by atoms with Gasteiger partial charge >= 0.3 is 11.9 Å². The van der Waals surface area contributed by atoms with Crippen LogP contribution < -0.4 is 14.9 Å². The van der Waals surface area contributed by atoms with Crippen LogP contribution in [0.3, 0.4) is 0 Å². The summed E-state index contributed by atoms with van der Waals surface area (Å²) in [6.45, 7) is 0. The number of nitrogens with zero attached hydrogens (tertiary/aromatic N) is 1. The number of hydrazone groups is 1. The number of aromatic carboxylic acids is 1. The molecular weight excluding hydrogens is 336 g/mol. The van der Waals surface area contributed by atoms with Crippen LogP contribution in [0.2, 0.25) is 0 Å². The molecule has 3 rings (SSSR count). The molecule has 1 fully saturated rings. The summed E-state index contributed by atoms with van der Waals surface area (Å²) in [7, 11) is 1.51. The van der Waals surface area contributed by atoms with Gasteiger partial charge in [0, 0.05) is 0 Å². The predicted octanol–water partition coefficient (Wildman–Crippen LogP) is 3.15. The highest BCUT2D eigenvalue weighted by molar-refractivity contribution is 5.88. The number of hydrogen-bond acceptors (Lipinski definition) is 6. The third-order valence-corrected chi connectivity index (χ3v) is 3.85. The second-order valence-corrected chi connectivity index (χ2v) is 5.86. The highest BCUT2D eigenvalue weighted by Crippen LogP contribution is 2.34. The van der Waals surface area contributed by atoms with Crippen molar-refractivity contribution in [2.75, 3.05) is 12.5 Å². The molecule has 0 spiro atoms. The molecule has 0 heterocycles. The minimum atomic E-state index is -0.977. The van der Waals surface area contributed by atoms with Crippen LogP contribution in [-0.2, 0) is 4.79 Å². The maximum Gasteiger partial charge on any atom is 0.335 e. The Morgan fingerprint density at radius 2 is 1.88 bits per heavy atom. The number of esters is 1. The van der Waals surface area contributed by atoms with Gasteiger partial charge in [-0.3, -0.25) is 10.2 Å². The molecular formula is C19H18N2O5. The zero-order valence-corrected chi connectivity index (χ0v) is 14.1. The van der Waals surface area contributed by atoms with Gasteiger partial charge in [0.1, 0.15) is 0 Å². The van der Waals surface area contributed by atoms with Gasteiger partial charge in [0.2, 0.25) is 0 Å². The lowest BCUT2D eigenvalue weighted by Crippen LogP contribution is -2.10. The molecule has 0 unspecified atom stereocenters. The first kappa shape index (κ1) is 17.5. The summed E-state index contributed by atoms with van der Waals surface area (Å²) < 4.78 is 10.6. The Morgan fingerprint density at radius 1 is 1.15 bits per heavy atom. The fourth-order valence-electron chi connectivity index (χ4n) is 2.23. The first-order valence-electron chi connectivity index (χ1n) is 8.09. The largest absolute Gasteiger partial charge is 0.493 e. The number of carbonyl (C=O) groups is 2. The average Bonchev–Trinajstić information content (AvgIpc) is 3.48. The van der Waals surface area contributed by atoms with Crippen LogP contribution in [0.25, 0.3) is 0 Å². The SMILES string of the molecule is COc1cc(/C=N\Nc2ccc(C(=O)O)cc2)ccc1OC(=O)C1CC1. The van der Waals surface area contributed by atoms with E-state index in [4.69, 9.17) is 14.6 Å². The number of nitrogens with one attached hydrogen (secondary N) is 1. The molecule has 134 valence electrons. The molecule has 7 heteroatoms. The van der Waals surface area contributed by atoms with Crippen LogP contribution in [-0.4, -0.2) is 30.4 Å². The van der Waals surface area contributed by atoms with Gasteiger partial charge in [-0.05, 0) is 60.9 Å². The molecule has 2 aromatic rings. The molecule has 0 saturated heterocycles. The summed E-state index contributed by atoms with van der Waals surface area (Å²) >= 11 is 0. The molecule has 2 aromatic carbocycles. The fourth-order valence-corrected chi connectivity index (χ4v) is 2.23. The molecule has 0 aliphatic heterocycles. The van der Waals surface area contributed by atoms with Crippen LogP contribution >= 0.6 is 0 Å². The predicted molar refractivity (Wildman–Crippen MR) is 96.0 cm³/mol. The highest BCUT2D eigenvalue weighted by atomic mass is 16.6. The minimum absolute atomic E-state index is 0.0117. The van der Waals surface area contributed by atoms with E-state index in [1.165, 1.54) is 19.2 Å². The van der Waals surface area contributed by atoms with Crippen molar-refractivity contribution >= 4 is 23.8 Å². The zero-order valence-electron chi connectivity index (χ0n) is 14.1. The third-order valence-electron chi connectivity index (χ3n) is 3.85. The Balaban J connectivity index is 1.64. The summed E-state index contributed by atoms with van der Waals surface area (Å²) in [6.07, 6.45) is 3.34. The number of carboxylic acid groups (broad SMARTS) is 1. The Hall–Kier alpha value is -3.35. The van der Waals surface area contributed by atoms with E-state index in [1.807, 2.05) is 0 Å². The number of benzene rings is 2. The van der Waals surface area contributed by atoms with Gasteiger partial charge in [0.05, 0.1) is 30.5 Å². The Labute approximate surface area is 150 Å². The second kappa shape index (κ2) is 7.69. The first-order chi connectivity index (χ1) is 12.6. The van der Waals surface area contributed by atoms with Gasteiger partial charge in [0.25, 0.3) is 0 Å².